The van der Waals surface area contributed by atoms with Crippen LogP contribution in [0.3, 0.4) is 0 Å². The molecule has 0 unspecified atom stereocenters. The van der Waals surface area contributed by atoms with E-state index in [2.05, 4.69) is 15.9 Å². The van der Waals surface area contributed by atoms with Crippen LogP contribution in [0, 0.1) is 0 Å². The van der Waals surface area contributed by atoms with E-state index in [0.29, 0.717) is 6.42 Å². The van der Waals surface area contributed by atoms with Crippen LogP contribution in [-0.4, -0.2) is 14.5 Å². The maximum atomic E-state index is 11.7. The molecule has 0 aliphatic rings. The van der Waals surface area contributed by atoms with E-state index < -0.39 is 10.1 Å². The van der Waals surface area contributed by atoms with Crippen molar-refractivity contribution in [1.82, 2.24) is 0 Å². The Kier molecular flexibility index (Phi) is 4.31. The van der Waals surface area contributed by atoms with Gasteiger partial charge in [0.1, 0.15) is 0 Å². The van der Waals surface area contributed by atoms with Crippen LogP contribution in [0.4, 0.5) is 0 Å². The minimum absolute atomic E-state index is 0.186. The van der Waals surface area contributed by atoms with Crippen molar-refractivity contribution in [3.8, 4) is 0 Å². The third-order valence-corrected chi connectivity index (χ3v) is 3.93. The minimum atomic E-state index is -3.61. The van der Waals surface area contributed by atoms with Crippen molar-refractivity contribution in [3.05, 3.63) is 28.7 Å². The summed E-state index contributed by atoms with van der Waals surface area (Å²) in [5.41, 5.74) is 0. The number of benzene rings is 1. The number of rotatable bonds is 4. The Morgan fingerprint density at radius 1 is 1.33 bits per heavy atom. The van der Waals surface area contributed by atoms with Gasteiger partial charge in [-0.1, -0.05) is 22.9 Å². The molecular formula is C10H13BrO3S. The van der Waals surface area contributed by atoms with Crippen molar-refractivity contribution in [2.24, 2.45) is 0 Å². The van der Waals surface area contributed by atoms with Gasteiger partial charge in [0.15, 0.2) is 0 Å². The van der Waals surface area contributed by atoms with Crippen LogP contribution in [-0.2, 0) is 14.3 Å². The molecule has 0 spiro atoms. The molecule has 5 heteroatoms. The van der Waals surface area contributed by atoms with Crippen LogP contribution in [0.1, 0.15) is 20.3 Å². The number of halogens is 1. The molecule has 0 aliphatic heterocycles. The van der Waals surface area contributed by atoms with Gasteiger partial charge in [-0.3, -0.25) is 4.18 Å². The fourth-order valence-corrected chi connectivity index (χ4v) is 2.35. The smallest absolute Gasteiger partial charge is 0.263 e. The Morgan fingerprint density at radius 3 is 2.33 bits per heavy atom. The van der Waals surface area contributed by atoms with Crippen LogP contribution < -0.4 is 0 Å². The summed E-state index contributed by atoms with van der Waals surface area (Å²) in [6.07, 6.45) is 0.370. The molecule has 1 atom stereocenters. The molecule has 0 fully saturated rings. The first-order valence-electron chi connectivity index (χ1n) is 4.64. The van der Waals surface area contributed by atoms with E-state index in [1.54, 1.807) is 19.1 Å². The zero-order valence-electron chi connectivity index (χ0n) is 8.60. The largest absolute Gasteiger partial charge is 0.297 e. The van der Waals surface area contributed by atoms with Crippen LogP contribution in [0.15, 0.2) is 33.6 Å². The molecule has 0 heterocycles. The van der Waals surface area contributed by atoms with Crippen LogP contribution in [0.5, 0.6) is 0 Å². The lowest BCUT2D eigenvalue weighted by atomic mass is 10.3. The lowest BCUT2D eigenvalue weighted by molar-refractivity contribution is 0.224. The Morgan fingerprint density at radius 2 is 1.87 bits per heavy atom. The standard InChI is InChI=1S/C10H13BrO3S/c1-3-8(2)14-15(12,13)10-6-4-9(11)5-7-10/h4-8H,3H2,1-2H3/t8-/m1/s1. The quantitative estimate of drug-likeness (QED) is 0.802. The lowest BCUT2D eigenvalue weighted by Crippen LogP contribution is -2.14. The molecule has 84 valence electrons. The first kappa shape index (κ1) is 12.7. The zero-order valence-corrected chi connectivity index (χ0v) is 11.0. The summed E-state index contributed by atoms with van der Waals surface area (Å²) in [4.78, 5) is 0.186. The average Bonchev–Trinajstić information content (AvgIpc) is 2.17. The maximum Gasteiger partial charge on any atom is 0.297 e. The van der Waals surface area contributed by atoms with E-state index >= 15 is 0 Å². The van der Waals surface area contributed by atoms with Crippen molar-refractivity contribution in [3.63, 3.8) is 0 Å². The summed E-state index contributed by atoms with van der Waals surface area (Å²) in [6.45, 7) is 3.61. The molecule has 0 N–H and O–H groups in total. The maximum absolute atomic E-state index is 11.7. The van der Waals surface area contributed by atoms with Gasteiger partial charge in [-0.25, -0.2) is 0 Å². The molecular weight excluding hydrogens is 280 g/mol. The van der Waals surface area contributed by atoms with Crippen molar-refractivity contribution in [2.45, 2.75) is 31.3 Å². The average molecular weight is 293 g/mol. The Balaban J connectivity index is 2.91. The molecule has 1 aromatic rings. The van der Waals surface area contributed by atoms with Crippen molar-refractivity contribution >= 4 is 26.0 Å². The second-order valence-corrected chi connectivity index (χ2v) is 5.71. The van der Waals surface area contributed by atoms with E-state index in [9.17, 15) is 8.42 Å². The zero-order chi connectivity index (χ0) is 11.5. The Labute approximate surface area is 98.7 Å². The summed E-state index contributed by atoms with van der Waals surface area (Å²) in [5.74, 6) is 0. The van der Waals surface area contributed by atoms with E-state index in [4.69, 9.17) is 4.18 Å². The molecule has 0 aliphatic carbocycles. The molecule has 0 saturated heterocycles. The van der Waals surface area contributed by atoms with Crippen molar-refractivity contribution < 1.29 is 12.6 Å². The second-order valence-electron chi connectivity index (χ2n) is 3.22. The van der Waals surface area contributed by atoms with Crippen molar-refractivity contribution in [2.75, 3.05) is 0 Å². The summed E-state index contributed by atoms with van der Waals surface area (Å²) in [7, 11) is -3.61. The molecule has 15 heavy (non-hydrogen) atoms. The van der Waals surface area contributed by atoms with Gasteiger partial charge in [0.2, 0.25) is 0 Å². The van der Waals surface area contributed by atoms with Gasteiger partial charge in [0.05, 0.1) is 11.0 Å². The molecule has 1 rings (SSSR count). The first-order chi connectivity index (χ1) is 6.95. The van der Waals surface area contributed by atoms with Gasteiger partial charge >= 0.3 is 0 Å². The van der Waals surface area contributed by atoms with Crippen molar-refractivity contribution in [1.29, 1.82) is 0 Å². The molecule has 0 saturated carbocycles. The minimum Gasteiger partial charge on any atom is -0.263 e. The highest BCUT2D eigenvalue weighted by Crippen LogP contribution is 2.18. The SMILES string of the molecule is CC[C@@H](C)OS(=O)(=O)c1ccc(Br)cc1. The fraction of sp³-hybridized carbons (Fsp3) is 0.400. The number of hydrogen-bond acceptors (Lipinski definition) is 3. The van der Waals surface area contributed by atoms with Gasteiger partial charge in [-0.15, -0.1) is 0 Å². The van der Waals surface area contributed by atoms with Gasteiger partial charge in [-0.2, -0.15) is 8.42 Å². The summed E-state index contributed by atoms with van der Waals surface area (Å²) < 4.78 is 29.2. The highest BCUT2D eigenvalue weighted by Gasteiger charge is 2.17. The predicted octanol–water partition coefficient (Wildman–Crippen LogP) is 2.95. The molecule has 0 bridgehead atoms. The number of hydrogen-bond donors (Lipinski definition) is 0. The highest BCUT2D eigenvalue weighted by molar-refractivity contribution is 9.10. The normalized spacial score (nSPS) is 13.8. The predicted molar refractivity (Wildman–Crippen MR) is 62.2 cm³/mol. The first-order valence-corrected chi connectivity index (χ1v) is 6.84. The topological polar surface area (TPSA) is 43.4 Å². The lowest BCUT2D eigenvalue weighted by Gasteiger charge is -2.10. The third kappa shape index (κ3) is 3.59. The molecule has 3 nitrogen and oxygen atoms in total. The third-order valence-electron chi connectivity index (χ3n) is 1.97. The van der Waals surface area contributed by atoms with Gasteiger partial charge in [0.25, 0.3) is 10.1 Å². The Bertz CT molecular complexity index is 411. The van der Waals surface area contributed by atoms with Crippen LogP contribution >= 0.6 is 15.9 Å². The van der Waals surface area contributed by atoms with Gasteiger partial charge in [-0.05, 0) is 37.6 Å². The molecule has 0 amide bonds. The van der Waals surface area contributed by atoms with Gasteiger partial charge < -0.3 is 0 Å². The Hall–Kier alpha value is -0.390. The molecule has 0 radical (unpaired) electrons. The summed E-state index contributed by atoms with van der Waals surface area (Å²) >= 11 is 3.24. The molecule has 0 aromatic heterocycles. The van der Waals surface area contributed by atoms with E-state index in [1.807, 2.05) is 6.92 Å². The summed E-state index contributed by atoms with van der Waals surface area (Å²) in [5, 5.41) is 0. The fourth-order valence-electron chi connectivity index (χ4n) is 0.941. The van der Waals surface area contributed by atoms with E-state index in [0.717, 1.165) is 4.47 Å². The molecule has 1 aromatic carbocycles. The van der Waals surface area contributed by atoms with Gasteiger partial charge in [0, 0.05) is 4.47 Å². The second kappa shape index (κ2) is 5.09. The highest BCUT2D eigenvalue weighted by atomic mass is 79.9. The summed E-state index contributed by atoms with van der Waals surface area (Å²) in [6, 6.07) is 6.38. The monoisotopic (exact) mass is 292 g/mol. The van der Waals surface area contributed by atoms with Crippen LogP contribution in [0.2, 0.25) is 0 Å². The van der Waals surface area contributed by atoms with Crippen LogP contribution in [0.25, 0.3) is 0 Å². The van der Waals surface area contributed by atoms with E-state index in [1.165, 1.54) is 12.1 Å². The van der Waals surface area contributed by atoms with E-state index in [-0.39, 0.29) is 11.0 Å².